The summed E-state index contributed by atoms with van der Waals surface area (Å²) in [6.45, 7) is 7.82. The third-order valence-corrected chi connectivity index (χ3v) is 1.15. The van der Waals surface area contributed by atoms with Gasteiger partial charge in [-0.15, -0.1) is 0 Å². The number of rotatable bonds is 3. The largest absolute Gasteiger partial charge is 0.389 e. The minimum Gasteiger partial charge on any atom is -0.389 e. The highest BCUT2D eigenvalue weighted by atomic mass is 14.8. The van der Waals surface area contributed by atoms with E-state index in [9.17, 15) is 0 Å². The number of allylic oxidation sites excluding steroid dienone is 4. The summed E-state index contributed by atoms with van der Waals surface area (Å²) >= 11 is 0. The van der Waals surface area contributed by atoms with Gasteiger partial charge in [-0.05, 0) is 25.5 Å². The van der Waals surface area contributed by atoms with Crippen LogP contribution in [0.3, 0.4) is 0 Å². The van der Waals surface area contributed by atoms with Gasteiger partial charge in [0.25, 0.3) is 0 Å². The fraction of sp³-hybridized carbons (Fsp3) is 0.333. The zero-order valence-electron chi connectivity index (χ0n) is 6.94. The number of hydrogen-bond donors (Lipinski definition) is 1. The molecule has 0 amide bonds. The van der Waals surface area contributed by atoms with Crippen molar-refractivity contribution in [1.29, 1.82) is 0 Å². The third-order valence-electron chi connectivity index (χ3n) is 1.15. The third kappa shape index (κ3) is 3.96. The van der Waals surface area contributed by atoms with Crippen molar-refractivity contribution in [2.75, 3.05) is 7.05 Å². The van der Waals surface area contributed by atoms with Crippen LogP contribution in [-0.4, -0.2) is 7.05 Å². The molecule has 1 nitrogen and oxygen atoms in total. The molecule has 0 saturated carbocycles. The van der Waals surface area contributed by atoms with E-state index in [4.69, 9.17) is 0 Å². The van der Waals surface area contributed by atoms with E-state index in [-0.39, 0.29) is 0 Å². The Morgan fingerprint density at radius 3 is 2.50 bits per heavy atom. The van der Waals surface area contributed by atoms with Crippen LogP contribution in [0.1, 0.15) is 13.8 Å². The summed E-state index contributed by atoms with van der Waals surface area (Å²) in [5.41, 5.74) is 2.15. The fourth-order valence-corrected chi connectivity index (χ4v) is 0.658. The first-order valence-corrected chi connectivity index (χ1v) is 3.38. The molecule has 0 rings (SSSR count). The molecule has 0 aliphatic rings. The topological polar surface area (TPSA) is 12.0 Å². The smallest absolute Gasteiger partial charge is 0.0267 e. The molecule has 0 aliphatic heterocycles. The van der Waals surface area contributed by atoms with Gasteiger partial charge in [-0.1, -0.05) is 18.7 Å². The van der Waals surface area contributed by atoms with Gasteiger partial charge in [-0.3, -0.25) is 0 Å². The van der Waals surface area contributed by atoms with Crippen LogP contribution in [0, 0.1) is 0 Å². The second-order valence-corrected chi connectivity index (χ2v) is 2.16. The Bertz CT molecular complexity index is 164. The Morgan fingerprint density at radius 2 is 2.10 bits per heavy atom. The van der Waals surface area contributed by atoms with Crippen LogP contribution in [0.5, 0.6) is 0 Å². The molecule has 0 radical (unpaired) electrons. The van der Waals surface area contributed by atoms with Crippen molar-refractivity contribution in [2.24, 2.45) is 0 Å². The summed E-state index contributed by atoms with van der Waals surface area (Å²) in [7, 11) is 1.86. The van der Waals surface area contributed by atoms with Gasteiger partial charge in [0.2, 0.25) is 0 Å². The van der Waals surface area contributed by atoms with Crippen molar-refractivity contribution in [2.45, 2.75) is 13.8 Å². The summed E-state index contributed by atoms with van der Waals surface area (Å²) in [6.07, 6.45) is 6.05. The maximum atomic E-state index is 3.77. The van der Waals surface area contributed by atoms with Crippen molar-refractivity contribution >= 4 is 0 Å². The van der Waals surface area contributed by atoms with Crippen LogP contribution in [-0.2, 0) is 0 Å². The van der Waals surface area contributed by atoms with Crippen LogP contribution < -0.4 is 5.32 Å². The summed E-state index contributed by atoms with van der Waals surface area (Å²) in [5.74, 6) is 0. The molecule has 1 heteroatoms. The number of hydrogen-bond acceptors (Lipinski definition) is 1. The van der Waals surface area contributed by atoms with E-state index in [0.717, 1.165) is 5.70 Å². The Morgan fingerprint density at radius 1 is 1.50 bits per heavy atom. The van der Waals surface area contributed by atoms with E-state index >= 15 is 0 Å². The maximum Gasteiger partial charge on any atom is 0.0267 e. The summed E-state index contributed by atoms with van der Waals surface area (Å²) < 4.78 is 0. The molecule has 0 aromatic carbocycles. The summed E-state index contributed by atoms with van der Waals surface area (Å²) in [6, 6.07) is 0. The zero-order valence-corrected chi connectivity index (χ0v) is 6.94. The molecule has 56 valence electrons. The standard InChI is InChI=1S/C9H15N/c1-5-6-8(2)7-9(3)10-4/h5-7,10H,3H2,1-2,4H3/b6-5-,8-7-. The Balaban J connectivity index is 4.02. The van der Waals surface area contributed by atoms with Gasteiger partial charge in [0.05, 0.1) is 0 Å². The van der Waals surface area contributed by atoms with Crippen molar-refractivity contribution in [3.8, 4) is 0 Å². The molecule has 0 spiro atoms. The predicted octanol–water partition coefficient (Wildman–Crippen LogP) is 2.24. The second-order valence-electron chi connectivity index (χ2n) is 2.16. The lowest BCUT2D eigenvalue weighted by Gasteiger charge is -1.97. The van der Waals surface area contributed by atoms with Gasteiger partial charge >= 0.3 is 0 Å². The number of likely N-dealkylation sites (N-methyl/N-ethyl adjacent to an activating group) is 1. The molecule has 0 heterocycles. The average molecular weight is 137 g/mol. The van der Waals surface area contributed by atoms with Crippen molar-refractivity contribution in [3.63, 3.8) is 0 Å². The molecule has 0 aromatic heterocycles. The van der Waals surface area contributed by atoms with Crippen molar-refractivity contribution < 1.29 is 0 Å². The molecule has 0 aliphatic carbocycles. The van der Waals surface area contributed by atoms with Gasteiger partial charge in [0.15, 0.2) is 0 Å². The minimum absolute atomic E-state index is 0.940. The average Bonchev–Trinajstić information content (AvgIpc) is 1.88. The quantitative estimate of drug-likeness (QED) is 0.588. The van der Waals surface area contributed by atoms with Crippen LogP contribution in [0.15, 0.2) is 36.1 Å². The molecule has 0 atom stereocenters. The highest BCUT2D eigenvalue weighted by Gasteiger charge is 1.82. The Labute approximate surface area is 63.1 Å². The first-order chi connectivity index (χ1) is 4.70. The van der Waals surface area contributed by atoms with E-state index in [0.29, 0.717) is 0 Å². The lowest BCUT2D eigenvalue weighted by Crippen LogP contribution is -2.00. The van der Waals surface area contributed by atoms with Crippen LogP contribution in [0.4, 0.5) is 0 Å². The molecule has 0 bridgehead atoms. The highest BCUT2D eigenvalue weighted by Crippen LogP contribution is 1.97. The Kier molecular flexibility index (Phi) is 4.38. The van der Waals surface area contributed by atoms with E-state index in [1.165, 1.54) is 5.57 Å². The predicted molar refractivity (Wildman–Crippen MR) is 46.8 cm³/mol. The van der Waals surface area contributed by atoms with Crippen molar-refractivity contribution in [1.82, 2.24) is 5.32 Å². The molecular weight excluding hydrogens is 122 g/mol. The van der Waals surface area contributed by atoms with Crippen molar-refractivity contribution in [3.05, 3.63) is 36.1 Å². The van der Waals surface area contributed by atoms with E-state index in [1.807, 2.05) is 39.1 Å². The molecule has 0 fully saturated rings. The zero-order chi connectivity index (χ0) is 7.98. The van der Waals surface area contributed by atoms with Gasteiger partial charge in [0, 0.05) is 12.7 Å². The maximum absolute atomic E-state index is 3.77. The second kappa shape index (κ2) is 4.86. The molecule has 1 N–H and O–H groups in total. The lowest BCUT2D eigenvalue weighted by atomic mass is 10.2. The van der Waals surface area contributed by atoms with Gasteiger partial charge in [-0.2, -0.15) is 0 Å². The van der Waals surface area contributed by atoms with E-state index in [1.54, 1.807) is 0 Å². The molecule has 0 saturated heterocycles. The van der Waals surface area contributed by atoms with E-state index in [2.05, 4.69) is 11.9 Å². The monoisotopic (exact) mass is 137 g/mol. The minimum atomic E-state index is 0.940. The molecular formula is C9H15N. The highest BCUT2D eigenvalue weighted by molar-refractivity contribution is 5.25. The normalized spacial score (nSPS) is 12.1. The molecule has 0 unspecified atom stereocenters. The van der Waals surface area contributed by atoms with Gasteiger partial charge in [-0.25, -0.2) is 0 Å². The van der Waals surface area contributed by atoms with Crippen LogP contribution in [0.25, 0.3) is 0 Å². The molecule has 0 aromatic rings. The first kappa shape index (κ1) is 9.02. The number of nitrogens with one attached hydrogen (secondary N) is 1. The first-order valence-electron chi connectivity index (χ1n) is 3.38. The van der Waals surface area contributed by atoms with Gasteiger partial charge < -0.3 is 5.32 Å². The Hall–Kier alpha value is -0.980. The van der Waals surface area contributed by atoms with Gasteiger partial charge in [0.1, 0.15) is 0 Å². The summed E-state index contributed by atoms with van der Waals surface area (Å²) in [5, 5.41) is 2.95. The van der Waals surface area contributed by atoms with Crippen LogP contribution in [0.2, 0.25) is 0 Å². The molecule has 10 heavy (non-hydrogen) atoms. The fourth-order valence-electron chi connectivity index (χ4n) is 0.658. The SMILES string of the molecule is C=C(/C=C(C)\C=C/C)NC. The lowest BCUT2D eigenvalue weighted by molar-refractivity contribution is 1.04. The van der Waals surface area contributed by atoms with Crippen LogP contribution >= 0.6 is 0 Å². The summed E-state index contributed by atoms with van der Waals surface area (Å²) in [4.78, 5) is 0. The van der Waals surface area contributed by atoms with E-state index < -0.39 is 0 Å².